The third-order valence-electron chi connectivity index (χ3n) is 5.98. The Balaban J connectivity index is 1.58. The van der Waals surface area contributed by atoms with Crippen LogP contribution >= 0.6 is 0 Å². The molecule has 29 heavy (non-hydrogen) atoms. The molecule has 0 aromatic heterocycles. The zero-order valence-corrected chi connectivity index (χ0v) is 18.9. The lowest BCUT2D eigenvalue weighted by Gasteiger charge is -2.32. The molecular weight excluding hydrogens is 367 g/mol. The van der Waals surface area contributed by atoms with E-state index in [1.807, 2.05) is 20.8 Å². The van der Waals surface area contributed by atoms with Gasteiger partial charge in [-0.05, 0) is 78.4 Å². The second-order valence-corrected chi connectivity index (χ2v) is 10.2. The van der Waals surface area contributed by atoms with E-state index >= 15 is 0 Å². The monoisotopic (exact) mass is 402 g/mol. The number of nitrogens with one attached hydrogen (secondary N) is 1. The summed E-state index contributed by atoms with van der Waals surface area (Å²) in [7, 11) is -0.354. The van der Waals surface area contributed by atoms with E-state index in [1.54, 1.807) is 0 Å². The SMILES string of the molecule is CC(C)(C)OC(=O)NC[C@H]1CCN(c2cccc(B3OC(C)(C)C(C)(C)O3)c2)C1. The van der Waals surface area contributed by atoms with E-state index in [1.165, 1.54) is 0 Å². The van der Waals surface area contributed by atoms with E-state index in [0.29, 0.717) is 12.5 Å². The molecule has 0 radical (unpaired) electrons. The number of hydrogen-bond acceptors (Lipinski definition) is 5. The number of alkyl carbamates (subject to hydrolysis) is 1. The first-order chi connectivity index (χ1) is 13.4. The van der Waals surface area contributed by atoms with Crippen LogP contribution in [0.4, 0.5) is 10.5 Å². The molecule has 0 bridgehead atoms. The van der Waals surface area contributed by atoms with Gasteiger partial charge in [-0.15, -0.1) is 0 Å². The van der Waals surface area contributed by atoms with Crippen molar-refractivity contribution in [2.45, 2.75) is 71.7 Å². The van der Waals surface area contributed by atoms with Gasteiger partial charge in [0, 0.05) is 25.3 Å². The van der Waals surface area contributed by atoms with E-state index < -0.39 is 5.60 Å². The summed E-state index contributed by atoms with van der Waals surface area (Å²) in [4.78, 5) is 14.2. The zero-order valence-electron chi connectivity index (χ0n) is 18.9. The summed E-state index contributed by atoms with van der Waals surface area (Å²) in [5.41, 5.74) is 1.03. The van der Waals surface area contributed by atoms with Crippen LogP contribution in [0.15, 0.2) is 24.3 Å². The fraction of sp³-hybridized carbons (Fsp3) is 0.682. The van der Waals surface area contributed by atoms with Crippen molar-refractivity contribution in [3.05, 3.63) is 24.3 Å². The number of rotatable bonds is 4. The molecule has 1 N–H and O–H groups in total. The first-order valence-electron chi connectivity index (χ1n) is 10.5. The summed E-state index contributed by atoms with van der Waals surface area (Å²) < 4.78 is 17.7. The Hall–Kier alpha value is -1.73. The summed E-state index contributed by atoms with van der Waals surface area (Å²) in [6, 6.07) is 8.40. The van der Waals surface area contributed by atoms with Crippen LogP contribution in [0.1, 0.15) is 54.9 Å². The van der Waals surface area contributed by atoms with Gasteiger partial charge in [-0.3, -0.25) is 0 Å². The molecule has 0 spiro atoms. The van der Waals surface area contributed by atoms with E-state index in [4.69, 9.17) is 14.0 Å². The van der Waals surface area contributed by atoms with Gasteiger partial charge in [0.2, 0.25) is 0 Å². The highest BCUT2D eigenvalue weighted by Crippen LogP contribution is 2.36. The number of nitrogens with zero attached hydrogens (tertiary/aromatic N) is 1. The molecule has 160 valence electrons. The molecule has 2 saturated heterocycles. The molecular formula is C22H35BN2O4. The largest absolute Gasteiger partial charge is 0.494 e. The van der Waals surface area contributed by atoms with Crippen LogP contribution in [0.25, 0.3) is 0 Å². The van der Waals surface area contributed by atoms with Crippen molar-refractivity contribution in [3.8, 4) is 0 Å². The van der Waals surface area contributed by atoms with E-state index in [0.717, 1.165) is 30.7 Å². The molecule has 7 heteroatoms. The van der Waals surface area contributed by atoms with E-state index in [2.05, 4.69) is 62.2 Å². The van der Waals surface area contributed by atoms with Crippen molar-refractivity contribution in [1.29, 1.82) is 0 Å². The fourth-order valence-corrected chi connectivity index (χ4v) is 3.62. The number of amides is 1. The number of anilines is 1. The van der Waals surface area contributed by atoms with E-state index in [-0.39, 0.29) is 24.4 Å². The maximum absolute atomic E-state index is 11.9. The Morgan fingerprint density at radius 1 is 1.24 bits per heavy atom. The van der Waals surface area contributed by atoms with Crippen LogP contribution in [0.2, 0.25) is 0 Å². The Bertz CT molecular complexity index is 729. The summed E-state index contributed by atoms with van der Waals surface area (Å²) in [5, 5.41) is 2.90. The van der Waals surface area contributed by atoms with Crippen molar-refractivity contribution in [2.24, 2.45) is 5.92 Å². The minimum Gasteiger partial charge on any atom is -0.444 e. The van der Waals surface area contributed by atoms with Crippen molar-refractivity contribution in [2.75, 3.05) is 24.5 Å². The van der Waals surface area contributed by atoms with Crippen molar-refractivity contribution in [3.63, 3.8) is 0 Å². The summed E-state index contributed by atoms with van der Waals surface area (Å²) in [5.74, 6) is 0.406. The average molecular weight is 402 g/mol. The highest BCUT2D eigenvalue weighted by Gasteiger charge is 2.51. The predicted octanol–water partition coefficient (Wildman–Crippen LogP) is 3.34. The smallest absolute Gasteiger partial charge is 0.444 e. The van der Waals surface area contributed by atoms with Crippen molar-refractivity contribution in [1.82, 2.24) is 5.32 Å². The van der Waals surface area contributed by atoms with Crippen LogP contribution in [0, 0.1) is 5.92 Å². The normalized spacial score (nSPS) is 23.3. The molecule has 3 rings (SSSR count). The van der Waals surface area contributed by atoms with Crippen molar-refractivity contribution >= 4 is 24.4 Å². The molecule has 6 nitrogen and oxygen atoms in total. The third-order valence-corrected chi connectivity index (χ3v) is 5.98. The molecule has 1 amide bonds. The lowest BCUT2D eigenvalue weighted by atomic mass is 9.79. The number of hydrogen-bond donors (Lipinski definition) is 1. The molecule has 0 saturated carbocycles. The minimum absolute atomic E-state index is 0.347. The summed E-state index contributed by atoms with van der Waals surface area (Å²) in [6.07, 6.45) is 0.690. The first kappa shape index (κ1) is 22.0. The molecule has 1 atom stereocenters. The van der Waals surface area contributed by atoms with Gasteiger partial charge < -0.3 is 24.3 Å². The minimum atomic E-state index is -0.472. The summed E-state index contributed by atoms with van der Waals surface area (Å²) in [6.45, 7) is 16.4. The van der Waals surface area contributed by atoms with Crippen LogP contribution in [0.5, 0.6) is 0 Å². The van der Waals surface area contributed by atoms with Gasteiger partial charge in [-0.2, -0.15) is 0 Å². The van der Waals surface area contributed by atoms with Crippen LogP contribution in [0.3, 0.4) is 0 Å². The Labute approximate surface area is 175 Å². The quantitative estimate of drug-likeness (QED) is 0.783. The van der Waals surface area contributed by atoms with Crippen molar-refractivity contribution < 1.29 is 18.8 Å². The predicted molar refractivity (Wildman–Crippen MR) is 117 cm³/mol. The van der Waals surface area contributed by atoms with Gasteiger partial charge in [0.25, 0.3) is 0 Å². The maximum Gasteiger partial charge on any atom is 0.494 e. The fourth-order valence-electron chi connectivity index (χ4n) is 3.62. The van der Waals surface area contributed by atoms with Gasteiger partial charge in [0.15, 0.2) is 0 Å². The molecule has 2 fully saturated rings. The van der Waals surface area contributed by atoms with Crippen LogP contribution in [-0.2, 0) is 14.0 Å². The topological polar surface area (TPSA) is 60.0 Å². The van der Waals surface area contributed by atoms with Gasteiger partial charge >= 0.3 is 13.2 Å². The number of benzene rings is 1. The molecule has 1 aromatic carbocycles. The number of carbonyl (C=O) groups excluding carboxylic acids is 1. The lowest BCUT2D eigenvalue weighted by Crippen LogP contribution is -2.41. The van der Waals surface area contributed by atoms with Crippen LogP contribution in [-0.4, -0.2) is 49.6 Å². The molecule has 1 aromatic rings. The van der Waals surface area contributed by atoms with Gasteiger partial charge in [-0.1, -0.05) is 12.1 Å². The second-order valence-electron chi connectivity index (χ2n) is 10.2. The Kier molecular flexibility index (Phi) is 5.94. The Morgan fingerprint density at radius 3 is 2.52 bits per heavy atom. The average Bonchev–Trinajstić information content (AvgIpc) is 3.14. The second kappa shape index (κ2) is 7.84. The maximum atomic E-state index is 11.9. The highest BCUT2D eigenvalue weighted by molar-refractivity contribution is 6.62. The van der Waals surface area contributed by atoms with E-state index in [9.17, 15) is 4.79 Å². The first-order valence-corrected chi connectivity index (χ1v) is 10.5. The molecule has 2 aliphatic heterocycles. The molecule has 0 unspecified atom stereocenters. The van der Waals surface area contributed by atoms with Crippen LogP contribution < -0.4 is 15.7 Å². The number of ether oxygens (including phenoxy) is 1. The molecule has 0 aliphatic carbocycles. The summed E-state index contributed by atoms with van der Waals surface area (Å²) >= 11 is 0. The Morgan fingerprint density at radius 2 is 1.90 bits per heavy atom. The highest BCUT2D eigenvalue weighted by atomic mass is 16.7. The zero-order chi connectivity index (χ0) is 21.4. The molecule has 2 heterocycles. The standard InChI is InChI=1S/C22H35BN2O4/c1-20(2,3)27-19(26)24-14-16-11-12-25(15-16)18-10-8-9-17(13-18)23-28-21(4,5)22(6,7)29-23/h8-10,13,16H,11-12,14-15H2,1-7H3,(H,24,26)/t16-/m1/s1. The third kappa shape index (κ3) is 5.26. The lowest BCUT2D eigenvalue weighted by molar-refractivity contribution is 0.00578. The van der Waals surface area contributed by atoms with Gasteiger partial charge in [0.1, 0.15) is 5.60 Å². The number of carbonyl (C=O) groups is 1. The van der Waals surface area contributed by atoms with Gasteiger partial charge in [-0.25, -0.2) is 4.79 Å². The van der Waals surface area contributed by atoms with Gasteiger partial charge in [0.05, 0.1) is 11.2 Å². The molecule has 2 aliphatic rings.